The number of nitriles is 1. The minimum Gasteiger partial charge on any atom is -0.354 e. The lowest BCUT2D eigenvalue weighted by atomic mass is 10.1. The first kappa shape index (κ1) is 11.4. The molecule has 0 aliphatic carbocycles. The van der Waals surface area contributed by atoms with Crippen molar-refractivity contribution in [2.45, 2.75) is 6.92 Å². The minimum absolute atomic E-state index is 0.418. The fraction of sp³-hybridized carbons (Fsp3) is 0.0769. The summed E-state index contributed by atoms with van der Waals surface area (Å²) in [5.41, 5.74) is 3.17. The Morgan fingerprint density at radius 3 is 2.88 bits per heavy atom. The van der Waals surface area contributed by atoms with Gasteiger partial charge in [0.05, 0.1) is 11.3 Å². The summed E-state index contributed by atoms with van der Waals surface area (Å²) in [5, 5.41) is 12.7. The zero-order valence-electron chi connectivity index (χ0n) is 9.24. The van der Waals surface area contributed by atoms with Gasteiger partial charge >= 0.3 is 0 Å². The third-order valence-corrected chi connectivity index (χ3v) is 2.60. The van der Waals surface area contributed by atoms with Crippen LogP contribution in [0.15, 0.2) is 36.5 Å². The van der Waals surface area contributed by atoms with Gasteiger partial charge in [0.1, 0.15) is 11.2 Å². The predicted octanol–water partition coefficient (Wildman–Crippen LogP) is 3.66. The maximum Gasteiger partial charge on any atom is 0.131 e. The number of nitrogens with zero attached hydrogens (tertiary/aromatic N) is 2. The average molecular weight is 244 g/mol. The standard InChI is InChI=1S/C13H10ClN3/c1-9-3-2-4-12(11(9)8-15)17-10-5-6-16-13(14)7-10/h2-7H,1H3,(H,16,17). The Labute approximate surface area is 105 Å². The topological polar surface area (TPSA) is 48.7 Å². The molecule has 2 rings (SSSR count). The molecule has 0 amide bonds. The van der Waals surface area contributed by atoms with Gasteiger partial charge in [0.25, 0.3) is 0 Å². The quantitative estimate of drug-likeness (QED) is 0.819. The first-order valence-corrected chi connectivity index (χ1v) is 5.47. The Morgan fingerprint density at radius 1 is 1.35 bits per heavy atom. The number of rotatable bonds is 2. The molecule has 0 radical (unpaired) electrons. The van der Waals surface area contributed by atoms with Gasteiger partial charge in [-0.15, -0.1) is 0 Å². The molecule has 1 aromatic heterocycles. The largest absolute Gasteiger partial charge is 0.354 e. The third kappa shape index (κ3) is 2.55. The van der Waals surface area contributed by atoms with E-state index in [1.807, 2.05) is 25.1 Å². The number of benzene rings is 1. The molecule has 2 aromatic rings. The van der Waals surface area contributed by atoms with Crippen LogP contribution in [0, 0.1) is 18.3 Å². The normalized spacial score (nSPS) is 9.71. The van der Waals surface area contributed by atoms with E-state index in [2.05, 4.69) is 16.4 Å². The SMILES string of the molecule is Cc1cccc(Nc2ccnc(Cl)c2)c1C#N. The van der Waals surface area contributed by atoms with Crippen molar-refractivity contribution in [2.24, 2.45) is 0 Å². The van der Waals surface area contributed by atoms with Crippen molar-refractivity contribution in [2.75, 3.05) is 5.32 Å². The van der Waals surface area contributed by atoms with Crippen molar-refractivity contribution in [1.29, 1.82) is 5.26 Å². The lowest BCUT2D eigenvalue weighted by Gasteiger charge is -2.09. The van der Waals surface area contributed by atoms with Gasteiger partial charge < -0.3 is 5.32 Å². The smallest absolute Gasteiger partial charge is 0.131 e. The van der Waals surface area contributed by atoms with Crippen LogP contribution in [-0.2, 0) is 0 Å². The van der Waals surface area contributed by atoms with Gasteiger partial charge in [-0.05, 0) is 30.7 Å². The monoisotopic (exact) mass is 243 g/mol. The fourth-order valence-electron chi connectivity index (χ4n) is 1.56. The van der Waals surface area contributed by atoms with Gasteiger partial charge in [0.2, 0.25) is 0 Å². The van der Waals surface area contributed by atoms with Crippen LogP contribution in [0.25, 0.3) is 0 Å². The van der Waals surface area contributed by atoms with Gasteiger partial charge in [-0.2, -0.15) is 5.26 Å². The Morgan fingerprint density at radius 2 is 2.18 bits per heavy atom. The third-order valence-electron chi connectivity index (χ3n) is 2.39. The van der Waals surface area contributed by atoms with E-state index in [0.717, 1.165) is 16.9 Å². The molecular weight excluding hydrogens is 234 g/mol. The van der Waals surface area contributed by atoms with Crippen LogP contribution >= 0.6 is 11.6 Å². The van der Waals surface area contributed by atoms with E-state index in [1.54, 1.807) is 18.3 Å². The number of nitrogens with one attached hydrogen (secondary N) is 1. The van der Waals surface area contributed by atoms with Crippen molar-refractivity contribution in [3.8, 4) is 6.07 Å². The van der Waals surface area contributed by atoms with E-state index < -0.39 is 0 Å². The number of hydrogen-bond donors (Lipinski definition) is 1. The highest BCUT2D eigenvalue weighted by Gasteiger charge is 2.05. The molecule has 0 aliphatic rings. The Balaban J connectivity index is 2.37. The van der Waals surface area contributed by atoms with Crippen molar-refractivity contribution >= 4 is 23.0 Å². The summed E-state index contributed by atoms with van der Waals surface area (Å²) >= 11 is 5.80. The molecule has 0 saturated carbocycles. The molecule has 3 nitrogen and oxygen atoms in total. The number of pyridine rings is 1. The Kier molecular flexibility index (Phi) is 3.27. The van der Waals surface area contributed by atoms with Gasteiger partial charge in [0, 0.05) is 11.9 Å². The lowest BCUT2D eigenvalue weighted by Crippen LogP contribution is -1.95. The molecule has 0 bridgehead atoms. The highest BCUT2D eigenvalue weighted by atomic mass is 35.5. The van der Waals surface area contributed by atoms with E-state index in [4.69, 9.17) is 16.9 Å². The van der Waals surface area contributed by atoms with E-state index >= 15 is 0 Å². The van der Waals surface area contributed by atoms with E-state index in [9.17, 15) is 0 Å². The first-order chi connectivity index (χ1) is 8.20. The van der Waals surface area contributed by atoms with Crippen molar-refractivity contribution < 1.29 is 0 Å². The lowest BCUT2D eigenvalue weighted by molar-refractivity contribution is 1.32. The molecule has 4 heteroatoms. The van der Waals surface area contributed by atoms with Crippen molar-refractivity contribution in [1.82, 2.24) is 4.98 Å². The number of aromatic nitrogens is 1. The van der Waals surface area contributed by atoms with Crippen LogP contribution < -0.4 is 5.32 Å². The molecule has 0 unspecified atom stereocenters. The Hall–Kier alpha value is -2.05. The maximum absolute atomic E-state index is 9.10. The van der Waals surface area contributed by atoms with Gasteiger partial charge in [-0.3, -0.25) is 0 Å². The van der Waals surface area contributed by atoms with Crippen LogP contribution in [0.3, 0.4) is 0 Å². The Bertz CT molecular complexity index is 587. The molecule has 17 heavy (non-hydrogen) atoms. The fourth-order valence-corrected chi connectivity index (χ4v) is 1.73. The second kappa shape index (κ2) is 4.86. The number of anilines is 2. The van der Waals surface area contributed by atoms with Crippen LogP contribution in [0.1, 0.15) is 11.1 Å². The summed E-state index contributed by atoms with van der Waals surface area (Å²) in [6.45, 7) is 1.91. The molecule has 0 atom stereocenters. The highest BCUT2D eigenvalue weighted by Crippen LogP contribution is 2.23. The van der Waals surface area contributed by atoms with E-state index in [1.165, 1.54) is 0 Å². The summed E-state index contributed by atoms with van der Waals surface area (Å²) in [5.74, 6) is 0. The van der Waals surface area contributed by atoms with E-state index in [0.29, 0.717) is 10.7 Å². The number of aryl methyl sites for hydroxylation is 1. The average Bonchev–Trinajstić information content (AvgIpc) is 2.29. The minimum atomic E-state index is 0.418. The van der Waals surface area contributed by atoms with Crippen LogP contribution in [0.5, 0.6) is 0 Å². The summed E-state index contributed by atoms with van der Waals surface area (Å²) in [4.78, 5) is 3.90. The van der Waals surface area contributed by atoms with Crippen molar-refractivity contribution in [3.05, 3.63) is 52.8 Å². The molecule has 1 N–H and O–H groups in total. The first-order valence-electron chi connectivity index (χ1n) is 5.09. The second-order valence-corrected chi connectivity index (χ2v) is 3.99. The summed E-state index contributed by atoms with van der Waals surface area (Å²) in [7, 11) is 0. The molecular formula is C13H10ClN3. The zero-order chi connectivity index (χ0) is 12.3. The maximum atomic E-state index is 9.10. The molecule has 0 fully saturated rings. The summed E-state index contributed by atoms with van der Waals surface area (Å²) in [6.07, 6.45) is 1.62. The number of hydrogen-bond acceptors (Lipinski definition) is 3. The van der Waals surface area contributed by atoms with Gasteiger partial charge in [0.15, 0.2) is 0 Å². The van der Waals surface area contributed by atoms with Crippen molar-refractivity contribution in [3.63, 3.8) is 0 Å². The predicted molar refractivity (Wildman–Crippen MR) is 68.4 cm³/mol. The summed E-state index contributed by atoms with van der Waals surface area (Å²) in [6, 6.07) is 11.4. The second-order valence-electron chi connectivity index (χ2n) is 3.60. The van der Waals surface area contributed by atoms with E-state index in [-0.39, 0.29) is 0 Å². The molecule has 84 valence electrons. The summed E-state index contributed by atoms with van der Waals surface area (Å²) < 4.78 is 0. The van der Waals surface area contributed by atoms with Gasteiger partial charge in [-0.1, -0.05) is 23.7 Å². The van der Waals surface area contributed by atoms with Crippen LogP contribution in [0.4, 0.5) is 11.4 Å². The molecule has 0 saturated heterocycles. The molecule has 0 aliphatic heterocycles. The molecule has 0 spiro atoms. The van der Waals surface area contributed by atoms with Crippen LogP contribution in [-0.4, -0.2) is 4.98 Å². The van der Waals surface area contributed by atoms with Gasteiger partial charge in [-0.25, -0.2) is 4.98 Å². The highest BCUT2D eigenvalue weighted by molar-refractivity contribution is 6.29. The molecule has 1 aromatic carbocycles. The number of halogens is 1. The molecule has 1 heterocycles. The zero-order valence-corrected chi connectivity index (χ0v) is 9.99. The van der Waals surface area contributed by atoms with Crippen LogP contribution in [0.2, 0.25) is 5.15 Å².